The van der Waals surface area contributed by atoms with Crippen molar-refractivity contribution in [2.24, 2.45) is 0 Å². The molecule has 4 rings (SSSR count). The number of nitrogens with zero attached hydrogens (tertiary/aromatic N) is 3. The van der Waals surface area contributed by atoms with Gasteiger partial charge in [-0.25, -0.2) is 0 Å². The fourth-order valence-electron chi connectivity index (χ4n) is 5.76. The number of piperidine rings is 1. The molecule has 2 aliphatic heterocycles. The summed E-state index contributed by atoms with van der Waals surface area (Å²) >= 11 is 0. The van der Waals surface area contributed by atoms with Crippen molar-refractivity contribution in [3.63, 3.8) is 0 Å². The molecule has 2 saturated heterocycles. The second-order valence-electron chi connectivity index (χ2n) is 10.8. The Morgan fingerprint density at radius 1 is 0.921 bits per heavy atom. The topological polar surface area (TPSA) is 73.0 Å². The van der Waals surface area contributed by atoms with Crippen LogP contribution < -0.4 is 10.2 Å². The number of unbranched alkanes of at least 4 members (excludes halogenated alkanes) is 5. The zero-order valence-corrected chi connectivity index (χ0v) is 23.0. The maximum atomic E-state index is 13.9. The van der Waals surface area contributed by atoms with E-state index in [9.17, 15) is 14.4 Å². The molecule has 7 heteroatoms. The van der Waals surface area contributed by atoms with Crippen LogP contribution in [0.2, 0.25) is 0 Å². The highest BCUT2D eigenvalue weighted by atomic mass is 16.2. The minimum atomic E-state index is -0.734. The molecule has 0 saturated carbocycles. The number of amides is 3. The van der Waals surface area contributed by atoms with Crippen molar-refractivity contribution in [2.45, 2.75) is 77.2 Å². The van der Waals surface area contributed by atoms with Crippen LogP contribution in [0.4, 0.5) is 11.4 Å². The predicted molar refractivity (Wildman–Crippen MR) is 152 cm³/mol. The third-order valence-corrected chi connectivity index (χ3v) is 7.91. The van der Waals surface area contributed by atoms with Gasteiger partial charge < -0.3 is 20.0 Å². The van der Waals surface area contributed by atoms with Gasteiger partial charge in [-0.1, -0.05) is 69.4 Å². The van der Waals surface area contributed by atoms with Gasteiger partial charge in [0.15, 0.2) is 0 Å². The van der Waals surface area contributed by atoms with Crippen LogP contribution in [0.3, 0.4) is 0 Å². The lowest BCUT2D eigenvalue weighted by Crippen LogP contribution is -2.57. The average Bonchev–Trinajstić information content (AvgIpc) is 3.17. The lowest BCUT2D eigenvalue weighted by atomic mass is 9.85. The molecule has 0 atom stereocenters. The molecule has 204 valence electrons. The van der Waals surface area contributed by atoms with E-state index >= 15 is 0 Å². The summed E-state index contributed by atoms with van der Waals surface area (Å²) in [6.07, 6.45) is 8.68. The third-order valence-electron chi connectivity index (χ3n) is 7.91. The number of aryl methyl sites for hydroxylation is 1. The van der Waals surface area contributed by atoms with Gasteiger partial charge in [0.2, 0.25) is 11.8 Å². The maximum absolute atomic E-state index is 13.9. The molecule has 2 fully saturated rings. The number of hydrogen-bond acceptors (Lipinski definition) is 4. The molecule has 2 aliphatic rings. The molecule has 1 spiro atoms. The molecule has 0 radical (unpaired) electrons. The second kappa shape index (κ2) is 12.9. The highest BCUT2D eigenvalue weighted by molar-refractivity contribution is 5.99. The average molecular weight is 519 g/mol. The summed E-state index contributed by atoms with van der Waals surface area (Å²) in [7, 11) is 0. The summed E-state index contributed by atoms with van der Waals surface area (Å²) in [6, 6.07) is 17.6. The van der Waals surface area contributed by atoms with Crippen molar-refractivity contribution in [2.75, 3.05) is 36.5 Å². The summed E-state index contributed by atoms with van der Waals surface area (Å²) in [6.45, 7) is 5.67. The van der Waals surface area contributed by atoms with E-state index in [-0.39, 0.29) is 24.3 Å². The van der Waals surface area contributed by atoms with Gasteiger partial charge >= 0.3 is 0 Å². The van der Waals surface area contributed by atoms with Crippen LogP contribution in [0.15, 0.2) is 54.6 Å². The molecular weight excluding hydrogens is 476 g/mol. The number of likely N-dealkylation sites (tertiary alicyclic amines) is 1. The molecule has 0 unspecified atom stereocenters. The van der Waals surface area contributed by atoms with Crippen LogP contribution >= 0.6 is 0 Å². The number of carbonyl (C=O) groups excluding carboxylic acids is 3. The van der Waals surface area contributed by atoms with Gasteiger partial charge in [-0.3, -0.25) is 14.4 Å². The standard InChI is InChI=1S/C31H42N4O3/c1-3-4-5-6-7-11-17-29(37)33-20-18-31(19-21-33)30(38)34(24-35(31)27-15-9-8-10-16-27)23-28(36)32-26-14-12-13-25(2)22-26/h8-10,12-16,22H,3-7,11,17-21,23-24H2,1-2H3,(H,32,36). The van der Waals surface area contributed by atoms with Crippen LogP contribution in [0, 0.1) is 6.92 Å². The number of anilines is 2. The number of nitrogens with one attached hydrogen (secondary N) is 1. The van der Waals surface area contributed by atoms with Crippen molar-refractivity contribution >= 4 is 29.1 Å². The van der Waals surface area contributed by atoms with E-state index in [0.717, 1.165) is 29.8 Å². The van der Waals surface area contributed by atoms with E-state index in [1.54, 1.807) is 4.90 Å². The van der Waals surface area contributed by atoms with Crippen molar-refractivity contribution < 1.29 is 14.4 Å². The van der Waals surface area contributed by atoms with Gasteiger partial charge in [0.05, 0.1) is 6.67 Å². The van der Waals surface area contributed by atoms with E-state index in [1.807, 2.05) is 66.4 Å². The van der Waals surface area contributed by atoms with Crippen molar-refractivity contribution in [3.8, 4) is 0 Å². The van der Waals surface area contributed by atoms with Crippen LogP contribution in [0.25, 0.3) is 0 Å². The fraction of sp³-hybridized carbons (Fsp3) is 0.516. The summed E-state index contributed by atoms with van der Waals surface area (Å²) in [5, 5.41) is 2.93. The number of rotatable bonds is 11. The Morgan fingerprint density at radius 2 is 1.63 bits per heavy atom. The van der Waals surface area contributed by atoms with Gasteiger partial charge in [-0.2, -0.15) is 0 Å². The third kappa shape index (κ3) is 6.55. The summed E-state index contributed by atoms with van der Waals surface area (Å²) in [4.78, 5) is 45.4. The monoisotopic (exact) mass is 518 g/mol. The quantitative estimate of drug-likeness (QED) is 0.407. The maximum Gasteiger partial charge on any atom is 0.250 e. The van der Waals surface area contributed by atoms with Crippen molar-refractivity contribution in [1.82, 2.24) is 9.80 Å². The summed E-state index contributed by atoms with van der Waals surface area (Å²) in [5.41, 5.74) is 2.02. The fourth-order valence-corrected chi connectivity index (χ4v) is 5.76. The minimum Gasteiger partial charge on any atom is -0.342 e. The molecular formula is C31H42N4O3. The molecule has 2 aromatic carbocycles. The molecule has 7 nitrogen and oxygen atoms in total. The number of para-hydroxylation sites is 1. The highest BCUT2D eigenvalue weighted by Gasteiger charge is 2.54. The van der Waals surface area contributed by atoms with E-state index in [2.05, 4.69) is 17.1 Å². The van der Waals surface area contributed by atoms with Gasteiger partial charge in [-0.15, -0.1) is 0 Å². The summed E-state index contributed by atoms with van der Waals surface area (Å²) < 4.78 is 0. The molecule has 0 aromatic heterocycles. The first-order valence-electron chi connectivity index (χ1n) is 14.2. The first-order chi connectivity index (χ1) is 18.4. The Morgan fingerprint density at radius 3 is 2.34 bits per heavy atom. The SMILES string of the molecule is CCCCCCCCC(=O)N1CCC2(CC1)C(=O)N(CC(=O)Nc1cccc(C)c1)CN2c1ccccc1. The smallest absolute Gasteiger partial charge is 0.250 e. The number of benzene rings is 2. The van der Waals surface area contributed by atoms with E-state index < -0.39 is 5.54 Å². The van der Waals surface area contributed by atoms with Gasteiger partial charge in [0.25, 0.3) is 5.91 Å². The predicted octanol–water partition coefficient (Wildman–Crippen LogP) is 5.35. The zero-order valence-electron chi connectivity index (χ0n) is 23.0. The Kier molecular flexibility index (Phi) is 9.43. The molecule has 2 heterocycles. The van der Waals surface area contributed by atoms with Crippen LogP contribution in [-0.2, 0) is 14.4 Å². The minimum absolute atomic E-state index is 0.00145. The Hall–Kier alpha value is -3.35. The zero-order chi connectivity index (χ0) is 27.0. The first-order valence-corrected chi connectivity index (χ1v) is 14.2. The van der Waals surface area contributed by atoms with Crippen LogP contribution in [0.1, 0.15) is 70.3 Å². The van der Waals surface area contributed by atoms with E-state index in [0.29, 0.717) is 39.0 Å². The number of carbonyl (C=O) groups is 3. The molecule has 38 heavy (non-hydrogen) atoms. The van der Waals surface area contributed by atoms with Crippen LogP contribution in [0.5, 0.6) is 0 Å². The lowest BCUT2D eigenvalue weighted by Gasteiger charge is -2.43. The van der Waals surface area contributed by atoms with E-state index in [4.69, 9.17) is 0 Å². The molecule has 0 aliphatic carbocycles. The van der Waals surface area contributed by atoms with Gasteiger partial charge in [-0.05, 0) is 56.0 Å². The number of hydrogen-bond donors (Lipinski definition) is 1. The first kappa shape index (κ1) is 27.7. The van der Waals surface area contributed by atoms with Crippen molar-refractivity contribution in [1.29, 1.82) is 0 Å². The second-order valence-corrected chi connectivity index (χ2v) is 10.8. The molecule has 1 N–H and O–H groups in total. The largest absolute Gasteiger partial charge is 0.342 e. The normalized spacial score (nSPS) is 16.8. The molecule has 2 aromatic rings. The Balaban J connectivity index is 1.40. The summed E-state index contributed by atoms with van der Waals surface area (Å²) in [5.74, 6) is -0.0363. The van der Waals surface area contributed by atoms with Gasteiger partial charge in [0.1, 0.15) is 12.1 Å². The van der Waals surface area contributed by atoms with E-state index in [1.165, 1.54) is 25.7 Å². The van der Waals surface area contributed by atoms with Gasteiger partial charge in [0, 0.05) is 30.9 Å². The van der Waals surface area contributed by atoms with Crippen molar-refractivity contribution in [3.05, 3.63) is 60.2 Å². The Labute approximate surface area is 227 Å². The molecule has 3 amide bonds. The highest BCUT2D eigenvalue weighted by Crippen LogP contribution is 2.39. The lowest BCUT2D eigenvalue weighted by molar-refractivity contribution is -0.139. The molecule has 0 bridgehead atoms. The van der Waals surface area contributed by atoms with Crippen LogP contribution in [-0.4, -0.2) is 59.4 Å². The Bertz CT molecular complexity index is 1100.